The van der Waals surface area contributed by atoms with Crippen molar-refractivity contribution >= 4 is 37.7 Å². The number of nitrogens with zero attached hydrogens (tertiary/aromatic N) is 3. The van der Waals surface area contributed by atoms with Gasteiger partial charge in [0.05, 0.1) is 11.5 Å². The summed E-state index contributed by atoms with van der Waals surface area (Å²) >= 11 is 6.28. The van der Waals surface area contributed by atoms with Crippen molar-refractivity contribution in [2.45, 2.75) is 29.2 Å². The third-order valence-electron chi connectivity index (χ3n) is 3.59. The van der Waals surface area contributed by atoms with Gasteiger partial charge in [0.15, 0.2) is 0 Å². The SMILES string of the molecule is CC1CCN=C(C(Br)(Br)[N+](=O)[O-])N1CC1CCOC1. The van der Waals surface area contributed by atoms with E-state index in [-0.39, 0.29) is 6.04 Å². The highest BCUT2D eigenvalue weighted by molar-refractivity contribution is 9.25. The maximum atomic E-state index is 11.2. The van der Waals surface area contributed by atoms with Gasteiger partial charge in [-0.25, -0.2) is 0 Å². The quantitative estimate of drug-likeness (QED) is 0.315. The highest BCUT2D eigenvalue weighted by Gasteiger charge is 2.48. The van der Waals surface area contributed by atoms with Crippen molar-refractivity contribution < 1.29 is 9.66 Å². The van der Waals surface area contributed by atoms with Crippen molar-refractivity contribution in [2.24, 2.45) is 10.9 Å². The fourth-order valence-electron chi connectivity index (χ4n) is 2.43. The van der Waals surface area contributed by atoms with E-state index in [0.717, 1.165) is 32.6 Å². The number of amidine groups is 1. The molecule has 2 atom stereocenters. The Morgan fingerprint density at radius 1 is 1.58 bits per heavy atom. The average Bonchev–Trinajstić information content (AvgIpc) is 2.84. The smallest absolute Gasteiger partial charge is 0.381 e. The Morgan fingerprint density at radius 2 is 2.32 bits per heavy atom. The van der Waals surface area contributed by atoms with E-state index in [9.17, 15) is 10.1 Å². The summed E-state index contributed by atoms with van der Waals surface area (Å²) in [7, 11) is 0. The van der Waals surface area contributed by atoms with Gasteiger partial charge in [-0.3, -0.25) is 15.1 Å². The Morgan fingerprint density at radius 3 is 2.89 bits per heavy atom. The van der Waals surface area contributed by atoms with Crippen LogP contribution in [0.2, 0.25) is 0 Å². The van der Waals surface area contributed by atoms with Gasteiger partial charge in [0, 0.05) is 63.5 Å². The molecule has 1 fully saturated rings. The number of rotatable bonds is 4. The molecule has 0 bridgehead atoms. The third-order valence-corrected chi connectivity index (χ3v) is 4.88. The Hall–Kier alpha value is -0.210. The van der Waals surface area contributed by atoms with Crippen LogP contribution in [-0.4, -0.2) is 51.4 Å². The Kier molecular flexibility index (Phi) is 4.84. The molecule has 0 N–H and O–H groups in total. The van der Waals surface area contributed by atoms with Crippen molar-refractivity contribution in [1.82, 2.24) is 4.90 Å². The fraction of sp³-hybridized carbons (Fsp3) is 0.909. The fourth-order valence-corrected chi connectivity index (χ4v) is 3.14. The number of halogens is 2. The summed E-state index contributed by atoms with van der Waals surface area (Å²) in [6.07, 6.45) is 1.93. The van der Waals surface area contributed by atoms with Gasteiger partial charge in [0.25, 0.3) is 0 Å². The molecule has 2 aliphatic heterocycles. The lowest BCUT2D eigenvalue weighted by Gasteiger charge is -2.38. The molecule has 0 spiro atoms. The largest absolute Gasteiger partial charge is 0.382 e. The summed E-state index contributed by atoms with van der Waals surface area (Å²) in [4.78, 5) is 17.2. The lowest BCUT2D eigenvalue weighted by atomic mass is 10.1. The molecule has 2 unspecified atom stereocenters. The van der Waals surface area contributed by atoms with Crippen molar-refractivity contribution in [3.8, 4) is 0 Å². The molecule has 2 rings (SSSR count). The van der Waals surface area contributed by atoms with Crippen LogP contribution in [0.4, 0.5) is 0 Å². The van der Waals surface area contributed by atoms with E-state index in [1.165, 1.54) is 0 Å². The predicted molar refractivity (Wildman–Crippen MR) is 79.6 cm³/mol. The molecule has 108 valence electrons. The molecule has 0 aromatic rings. The Bertz CT molecular complexity index is 383. The number of alkyl halides is 2. The van der Waals surface area contributed by atoms with Crippen LogP contribution in [0.15, 0.2) is 4.99 Å². The van der Waals surface area contributed by atoms with Crippen LogP contribution in [0.5, 0.6) is 0 Å². The normalized spacial score (nSPS) is 28.4. The minimum atomic E-state index is -1.49. The van der Waals surface area contributed by atoms with E-state index < -0.39 is 8.28 Å². The summed E-state index contributed by atoms with van der Waals surface area (Å²) in [5, 5.41) is 11.2. The average molecular weight is 399 g/mol. The second-order valence-electron chi connectivity index (χ2n) is 5.02. The number of hydrogen-bond donors (Lipinski definition) is 0. The number of nitro groups is 1. The van der Waals surface area contributed by atoms with Crippen molar-refractivity contribution in [3.63, 3.8) is 0 Å². The molecule has 0 amide bonds. The van der Waals surface area contributed by atoms with E-state index in [4.69, 9.17) is 4.74 Å². The van der Waals surface area contributed by atoms with Gasteiger partial charge in [-0.15, -0.1) is 0 Å². The van der Waals surface area contributed by atoms with Crippen molar-refractivity contribution in [2.75, 3.05) is 26.3 Å². The Labute approximate surface area is 129 Å². The molecular weight excluding hydrogens is 382 g/mol. The first-order valence-corrected chi connectivity index (χ1v) is 7.93. The summed E-state index contributed by atoms with van der Waals surface area (Å²) in [6.45, 7) is 4.98. The van der Waals surface area contributed by atoms with E-state index in [2.05, 4.69) is 43.8 Å². The molecular formula is C11H17Br2N3O3. The zero-order chi connectivity index (χ0) is 14.0. The van der Waals surface area contributed by atoms with Crippen LogP contribution in [0, 0.1) is 16.0 Å². The molecule has 0 radical (unpaired) electrons. The first kappa shape index (κ1) is 15.2. The lowest BCUT2D eigenvalue weighted by Crippen LogP contribution is -2.53. The van der Waals surface area contributed by atoms with Gasteiger partial charge in [-0.2, -0.15) is 0 Å². The Balaban J connectivity index is 2.18. The van der Waals surface area contributed by atoms with E-state index in [0.29, 0.717) is 18.3 Å². The van der Waals surface area contributed by atoms with Crippen LogP contribution < -0.4 is 0 Å². The highest BCUT2D eigenvalue weighted by atomic mass is 79.9. The maximum Gasteiger partial charge on any atom is 0.382 e. The zero-order valence-electron chi connectivity index (χ0n) is 10.7. The highest BCUT2D eigenvalue weighted by Crippen LogP contribution is 2.34. The minimum Gasteiger partial charge on any atom is -0.381 e. The van der Waals surface area contributed by atoms with E-state index in [1.807, 2.05) is 4.90 Å². The van der Waals surface area contributed by atoms with Crippen LogP contribution in [0.25, 0.3) is 0 Å². The van der Waals surface area contributed by atoms with Gasteiger partial charge in [0.1, 0.15) is 0 Å². The molecule has 19 heavy (non-hydrogen) atoms. The molecule has 0 aromatic heterocycles. The van der Waals surface area contributed by atoms with Crippen LogP contribution in [0.1, 0.15) is 19.8 Å². The molecule has 0 aromatic carbocycles. The van der Waals surface area contributed by atoms with Crippen LogP contribution in [0.3, 0.4) is 0 Å². The number of hydrogen-bond acceptors (Lipinski definition) is 5. The predicted octanol–water partition coefficient (Wildman–Crippen LogP) is 2.24. The molecule has 1 saturated heterocycles. The summed E-state index contributed by atoms with van der Waals surface area (Å²) in [6, 6.07) is 0.252. The first-order chi connectivity index (χ1) is 8.93. The van der Waals surface area contributed by atoms with Crippen LogP contribution in [-0.2, 0) is 4.74 Å². The first-order valence-electron chi connectivity index (χ1n) is 6.34. The second kappa shape index (κ2) is 6.05. The zero-order valence-corrected chi connectivity index (χ0v) is 13.9. The van der Waals surface area contributed by atoms with Gasteiger partial charge in [0.2, 0.25) is 5.84 Å². The van der Waals surface area contributed by atoms with Crippen molar-refractivity contribution in [3.05, 3.63) is 10.1 Å². The molecule has 8 heteroatoms. The third kappa shape index (κ3) is 3.28. The minimum absolute atomic E-state index is 0.252. The molecule has 2 heterocycles. The second-order valence-corrected chi connectivity index (χ2v) is 8.38. The van der Waals surface area contributed by atoms with Gasteiger partial charge >= 0.3 is 3.36 Å². The maximum absolute atomic E-state index is 11.2. The van der Waals surface area contributed by atoms with Crippen LogP contribution >= 0.6 is 31.9 Å². The lowest BCUT2D eigenvalue weighted by molar-refractivity contribution is -0.487. The number of aliphatic imine (C=N–C) groups is 1. The standard InChI is InChI=1S/C11H17Br2N3O3/c1-8-2-4-14-10(11(12,13)16(17)18)15(8)6-9-3-5-19-7-9/h8-9H,2-7H2,1H3. The molecule has 6 nitrogen and oxygen atoms in total. The van der Waals surface area contributed by atoms with E-state index in [1.54, 1.807) is 0 Å². The van der Waals surface area contributed by atoms with Gasteiger partial charge in [-0.1, -0.05) is 0 Å². The monoisotopic (exact) mass is 397 g/mol. The summed E-state index contributed by atoms with van der Waals surface area (Å²) in [5.74, 6) is 0.886. The molecule has 2 aliphatic rings. The molecule has 0 aliphatic carbocycles. The van der Waals surface area contributed by atoms with Gasteiger partial charge in [-0.05, 0) is 19.8 Å². The molecule has 0 saturated carbocycles. The van der Waals surface area contributed by atoms with Crippen molar-refractivity contribution in [1.29, 1.82) is 0 Å². The topological polar surface area (TPSA) is 68.0 Å². The number of ether oxygens (including phenoxy) is 1. The van der Waals surface area contributed by atoms with Gasteiger partial charge < -0.3 is 9.64 Å². The summed E-state index contributed by atoms with van der Waals surface area (Å²) < 4.78 is 3.89. The van der Waals surface area contributed by atoms with E-state index >= 15 is 0 Å². The summed E-state index contributed by atoms with van der Waals surface area (Å²) in [5.41, 5.74) is 0.